The van der Waals surface area contributed by atoms with Gasteiger partial charge in [-0.05, 0) is 30.5 Å². The molecule has 0 saturated carbocycles. The minimum Gasteiger partial charge on any atom is -0.355 e. The molecule has 1 aliphatic rings. The van der Waals surface area contributed by atoms with Crippen LogP contribution in [0.2, 0.25) is 0 Å². The number of nitrogens with zero attached hydrogens (tertiary/aromatic N) is 1. The van der Waals surface area contributed by atoms with Crippen LogP contribution in [0.3, 0.4) is 0 Å². The second-order valence-corrected chi connectivity index (χ2v) is 6.16. The van der Waals surface area contributed by atoms with E-state index in [4.69, 9.17) is 5.73 Å². The smallest absolute Gasteiger partial charge is 0.234 e. The first-order valence-electron chi connectivity index (χ1n) is 7.13. The molecule has 0 bridgehead atoms. The Morgan fingerprint density at radius 1 is 1.40 bits per heavy atom. The molecule has 1 aliphatic heterocycles. The third kappa shape index (κ3) is 3.81. The van der Waals surface area contributed by atoms with Crippen LogP contribution in [0.25, 0.3) is 0 Å². The predicted octanol–water partition coefficient (Wildman–Crippen LogP) is 2.05. The van der Waals surface area contributed by atoms with E-state index in [0.29, 0.717) is 6.54 Å². The average Bonchev–Trinajstić information content (AvgIpc) is 2.65. The van der Waals surface area contributed by atoms with Crippen LogP contribution in [0, 0.1) is 0 Å². The average molecular weight is 340 g/mol. The molecule has 0 aromatic heterocycles. The molecule has 20 heavy (non-hydrogen) atoms. The first kappa shape index (κ1) is 15.5. The molecule has 1 fully saturated rings. The van der Waals surface area contributed by atoms with Crippen LogP contribution in [0.5, 0.6) is 0 Å². The van der Waals surface area contributed by atoms with E-state index in [1.165, 1.54) is 5.56 Å². The van der Waals surface area contributed by atoms with Gasteiger partial charge in [-0.15, -0.1) is 0 Å². The molecule has 0 spiro atoms. The van der Waals surface area contributed by atoms with Crippen molar-refractivity contribution in [2.45, 2.75) is 31.8 Å². The summed E-state index contributed by atoms with van der Waals surface area (Å²) in [5.41, 5.74) is 7.51. The quantitative estimate of drug-likeness (QED) is 0.882. The molecule has 2 rings (SSSR count). The molecule has 110 valence electrons. The van der Waals surface area contributed by atoms with Crippen LogP contribution in [-0.2, 0) is 4.79 Å². The van der Waals surface area contributed by atoms with Crippen LogP contribution in [0.15, 0.2) is 28.7 Å². The third-order valence-electron chi connectivity index (χ3n) is 3.77. The van der Waals surface area contributed by atoms with Gasteiger partial charge in [-0.1, -0.05) is 35.0 Å². The van der Waals surface area contributed by atoms with E-state index in [-0.39, 0.29) is 18.0 Å². The summed E-state index contributed by atoms with van der Waals surface area (Å²) >= 11 is 3.46. The van der Waals surface area contributed by atoms with Crippen molar-refractivity contribution in [3.63, 3.8) is 0 Å². The highest BCUT2D eigenvalue weighted by Crippen LogP contribution is 2.27. The molecule has 0 aliphatic carbocycles. The topological polar surface area (TPSA) is 58.4 Å². The number of hydrogen-bond donors (Lipinski definition) is 2. The zero-order valence-electron chi connectivity index (χ0n) is 11.8. The predicted molar refractivity (Wildman–Crippen MR) is 84.3 cm³/mol. The summed E-state index contributed by atoms with van der Waals surface area (Å²) < 4.78 is 1.05. The van der Waals surface area contributed by atoms with E-state index in [9.17, 15) is 4.79 Å². The Hall–Kier alpha value is -0.910. The van der Waals surface area contributed by atoms with Crippen molar-refractivity contribution in [3.05, 3.63) is 34.3 Å². The van der Waals surface area contributed by atoms with Gasteiger partial charge >= 0.3 is 0 Å². The maximum absolute atomic E-state index is 11.8. The highest BCUT2D eigenvalue weighted by atomic mass is 79.9. The molecule has 2 unspecified atom stereocenters. The SMILES string of the molecule is CCC(N)C(c1ccc(Br)cc1)N1CCCNC(=O)C1. The van der Waals surface area contributed by atoms with Gasteiger partial charge in [0.1, 0.15) is 0 Å². The fraction of sp³-hybridized carbons (Fsp3) is 0.533. The molecule has 1 amide bonds. The molecule has 1 saturated heterocycles. The number of rotatable bonds is 4. The Bertz CT molecular complexity index is 449. The highest BCUT2D eigenvalue weighted by molar-refractivity contribution is 9.10. The van der Waals surface area contributed by atoms with E-state index in [1.54, 1.807) is 0 Å². The van der Waals surface area contributed by atoms with Gasteiger partial charge in [0.05, 0.1) is 12.6 Å². The van der Waals surface area contributed by atoms with Gasteiger partial charge in [-0.2, -0.15) is 0 Å². The van der Waals surface area contributed by atoms with Crippen LogP contribution in [-0.4, -0.2) is 36.5 Å². The van der Waals surface area contributed by atoms with Gasteiger partial charge < -0.3 is 11.1 Å². The summed E-state index contributed by atoms with van der Waals surface area (Å²) in [6, 6.07) is 8.37. The monoisotopic (exact) mass is 339 g/mol. The van der Waals surface area contributed by atoms with Crippen molar-refractivity contribution in [3.8, 4) is 0 Å². The summed E-state index contributed by atoms with van der Waals surface area (Å²) in [4.78, 5) is 14.0. The molecular formula is C15H22BrN3O. The number of amides is 1. The van der Waals surface area contributed by atoms with E-state index < -0.39 is 0 Å². The van der Waals surface area contributed by atoms with Crippen molar-refractivity contribution in [1.82, 2.24) is 10.2 Å². The first-order chi connectivity index (χ1) is 9.61. The van der Waals surface area contributed by atoms with Crippen LogP contribution in [0.4, 0.5) is 0 Å². The Balaban J connectivity index is 2.26. The molecule has 1 aromatic rings. The lowest BCUT2D eigenvalue weighted by Crippen LogP contribution is -2.43. The number of nitrogens with one attached hydrogen (secondary N) is 1. The van der Waals surface area contributed by atoms with Crippen molar-refractivity contribution >= 4 is 21.8 Å². The molecule has 4 nitrogen and oxygen atoms in total. The molecule has 2 atom stereocenters. The Kier molecular flexibility index (Phi) is 5.57. The van der Waals surface area contributed by atoms with E-state index in [0.717, 1.165) is 30.4 Å². The summed E-state index contributed by atoms with van der Waals surface area (Å²) in [5.74, 6) is 0.0907. The zero-order valence-corrected chi connectivity index (χ0v) is 13.4. The molecule has 1 aromatic carbocycles. The van der Waals surface area contributed by atoms with Gasteiger partial charge in [-0.25, -0.2) is 0 Å². The molecular weight excluding hydrogens is 318 g/mol. The van der Waals surface area contributed by atoms with Gasteiger partial charge in [0.15, 0.2) is 0 Å². The molecule has 1 heterocycles. The largest absolute Gasteiger partial charge is 0.355 e. The van der Waals surface area contributed by atoms with Gasteiger partial charge in [0.2, 0.25) is 5.91 Å². The van der Waals surface area contributed by atoms with Gasteiger partial charge in [-0.3, -0.25) is 9.69 Å². The first-order valence-corrected chi connectivity index (χ1v) is 7.93. The normalized spacial score (nSPS) is 20.1. The summed E-state index contributed by atoms with van der Waals surface area (Å²) in [5, 5.41) is 2.92. The Labute approximate surface area is 128 Å². The second-order valence-electron chi connectivity index (χ2n) is 5.24. The third-order valence-corrected chi connectivity index (χ3v) is 4.30. The Morgan fingerprint density at radius 2 is 2.10 bits per heavy atom. The van der Waals surface area contributed by atoms with Crippen molar-refractivity contribution in [2.75, 3.05) is 19.6 Å². The maximum Gasteiger partial charge on any atom is 0.234 e. The summed E-state index contributed by atoms with van der Waals surface area (Å²) in [6.07, 6.45) is 1.86. The molecule has 0 radical (unpaired) electrons. The Morgan fingerprint density at radius 3 is 2.75 bits per heavy atom. The van der Waals surface area contributed by atoms with Crippen molar-refractivity contribution in [2.24, 2.45) is 5.73 Å². The number of halogens is 1. The minimum atomic E-state index is 0.0297. The lowest BCUT2D eigenvalue weighted by molar-refractivity contribution is -0.122. The summed E-state index contributed by atoms with van der Waals surface area (Å²) in [7, 11) is 0. The molecule has 3 N–H and O–H groups in total. The second kappa shape index (κ2) is 7.20. The maximum atomic E-state index is 11.8. The highest BCUT2D eigenvalue weighted by Gasteiger charge is 2.28. The van der Waals surface area contributed by atoms with Gasteiger partial charge in [0, 0.05) is 23.6 Å². The lowest BCUT2D eigenvalue weighted by Gasteiger charge is -2.34. The van der Waals surface area contributed by atoms with Gasteiger partial charge in [0.25, 0.3) is 0 Å². The fourth-order valence-electron chi connectivity index (χ4n) is 2.68. The summed E-state index contributed by atoms with van der Waals surface area (Å²) in [6.45, 7) is 4.17. The number of carbonyl (C=O) groups is 1. The van der Waals surface area contributed by atoms with Crippen LogP contribution in [0.1, 0.15) is 31.4 Å². The zero-order chi connectivity index (χ0) is 14.5. The van der Waals surface area contributed by atoms with E-state index in [1.807, 2.05) is 12.1 Å². The van der Waals surface area contributed by atoms with Crippen molar-refractivity contribution in [1.29, 1.82) is 0 Å². The van der Waals surface area contributed by atoms with Crippen LogP contribution < -0.4 is 11.1 Å². The number of hydrogen-bond acceptors (Lipinski definition) is 3. The van der Waals surface area contributed by atoms with E-state index in [2.05, 4.69) is 45.2 Å². The van der Waals surface area contributed by atoms with Crippen LogP contribution >= 0.6 is 15.9 Å². The van der Waals surface area contributed by atoms with Crippen molar-refractivity contribution < 1.29 is 4.79 Å². The van der Waals surface area contributed by atoms with E-state index >= 15 is 0 Å². The fourth-order valence-corrected chi connectivity index (χ4v) is 2.94. The lowest BCUT2D eigenvalue weighted by atomic mass is 9.96. The number of benzene rings is 1. The standard InChI is InChI=1S/C15H22BrN3O/c1-2-13(17)15(11-4-6-12(16)7-5-11)19-9-3-8-18-14(20)10-19/h4-7,13,15H,2-3,8-10,17H2,1H3,(H,18,20). The number of nitrogens with two attached hydrogens (primary N) is 1. The minimum absolute atomic E-state index is 0.0297. The number of carbonyl (C=O) groups excluding carboxylic acids is 1. The molecule has 5 heteroatoms.